The number of rotatable bonds is 1. The molecule has 3 aromatic rings. The molecule has 2 heterocycles. The predicted molar refractivity (Wildman–Crippen MR) is 70.0 cm³/mol. The molecular weight excluding hydrogens is 232 g/mol. The molecule has 0 bridgehead atoms. The number of halogens is 1. The molecule has 17 heavy (non-hydrogen) atoms. The summed E-state index contributed by atoms with van der Waals surface area (Å²) in [4.78, 5) is 8.67. The lowest BCUT2D eigenvalue weighted by atomic mass is 10.1. The zero-order chi connectivity index (χ0) is 11.7. The fraction of sp³-hybridized carbons (Fsp3) is 0. The molecule has 0 N–H and O–H groups in total. The molecule has 0 unspecified atom stereocenters. The third kappa shape index (κ3) is 1.87. The van der Waals surface area contributed by atoms with Crippen LogP contribution in [0.5, 0.6) is 0 Å². The minimum atomic E-state index is 0.717. The van der Waals surface area contributed by atoms with Crippen LogP contribution in [0, 0.1) is 0 Å². The predicted octanol–water partition coefficient (Wildman–Crippen LogP) is 3.95. The van der Waals surface area contributed by atoms with Gasteiger partial charge in [0, 0.05) is 23.3 Å². The maximum Gasteiger partial charge on any atom is 0.0740 e. The lowest BCUT2D eigenvalue weighted by molar-refractivity contribution is 1.30. The van der Waals surface area contributed by atoms with Gasteiger partial charge in [0.05, 0.1) is 16.2 Å². The Kier molecular flexibility index (Phi) is 2.50. The van der Waals surface area contributed by atoms with Crippen LogP contribution in [0.2, 0.25) is 5.02 Å². The average Bonchev–Trinajstić information content (AvgIpc) is 2.40. The van der Waals surface area contributed by atoms with E-state index in [0.717, 1.165) is 27.2 Å². The Hall–Kier alpha value is -1.93. The molecule has 0 saturated heterocycles. The zero-order valence-corrected chi connectivity index (χ0v) is 9.72. The second-order valence-electron chi connectivity index (χ2n) is 3.75. The van der Waals surface area contributed by atoms with Crippen molar-refractivity contribution in [2.75, 3.05) is 0 Å². The third-order valence-electron chi connectivity index (χ3n) is 2.62. The molecule has 0 fully saturated rings. The zero-order valence-electron chi connectivity index (χ0n) is 8.97. The lowest BCUT2D eigenvalue weighted by Crippen LogP contribution is -1.86. The highest BCUT2D eigenvalue weighted by Crippen LogP contribution is 2.27. The highest BCUT2D eigenvalue weighted by Gasteiger charge is 2.05. The first-order valence-electron chi connectivity index (χ1n) is 5.30. The van der Waals surface area contributed by atoms with Crippen molar-refractivity contribution in [2.45, 2.75) is 0 Å². The van der Waals surface area contributed by atoms with Gasteiger partial charge in [0.2, 0.25) is 0 Å². The molecule has 1 aromatic carbocycles. The van der Waals surface area contributed by atoms with Crippen LogP contribution < -0.4 is 0 Å². The smallest absolute Gasteiger partial charge is 0.0740 e. The molecule has 2 aromatic heterocycles. The van der Waals surface area contributed by atoms with E-state index in [-0.39, 0.29) is 0 Å². The normalized spacial score (nSPS) is 10.6. The summed E-state index contributed by atoms with van der Waals surface area (Å²) in [6.07, 6.45) is 3.53. The molecule has 0 atom stereocenters. The Balaban J connectivity index is 2.26. The quantitative estimate of drug-likeness (QED) is 0.644. The van der Waals surface area contributed by atoms with Gasteiger partial charge in [0.15, 0.2) is 0 Å². The standard InChI is InChI=1S/C14H9ClN2/c15-12-8-14(10-4-3-7-16-9-10)17-13-6-2-1-5-11(12)13/h1-9H. The van der Waals surface area contributed by atoms with Gasteiger partial charge in [-0.2, -0.15) is 0 Å². The monoisotopic (exact) mass is 240 g/mol. The van der Waals surface area contributed by atoms with E-state index in [2.05, 4.69) is 9.97 Å². The fourth-order valence-corrected chi connectivity index (χ4v) is 2.06. The summed E-state index contributed by atoms with van der Waals surface area (Å²) >= 11 is 6.25. The van der Waals surface area contributed by atoms with E-state index < -0.39 is 0 Å². The molecular formula is C14H9ClN2. The van der Waals surface area contributed by atoms with E-state index in [1.54, 1.807) is 12.4 Å². The highest BCUT2D eigenvalue weighted by molar-refractivity contribution is 6.35. The van der Waals surface area contributed by atoms with Gasteiger partial charge in [-0.25, -0.2) is 4.98 Å². The number of pyridine rings is 2. The number of nitrogens with zero attached hydrogens (tertiary/aromatic N) is 2. The van der Waals surface area contributed by atoms with Crippen molar-refractivity contribution < 1.29 is 0 Å². The number of para-hydroxylation sites is 1. The Morgan fingerprint density at radius 1 is 1.00 bits per heavy atom. The van der Waals surface area contributed by atoms with Gasteiger partial charge in [-0.05, 0) is 24.3 Å². The molecule has 2 nitrogen and oxygen atoms in total. The maximum atomic E-state index is 6.25. The summed E-state index contributed by atoms with van der Waals surface area (Å²) in [6.45, 7) is 0. The van der Waals surface area contributed by atoms with Crippen LogP contribution in [0.4, 0.5) is 0 Å². The van der Waals surface area contributed by atoms with Crippen molar-refractivity contribution in [3.63, 3.8) is 0 Å². The van der Waals surface area contributed by atoms with Crippen molar-refractivity contribution in [3.05, 3.63) is 59.9 Å². The van der Waals surface area contributed by atoms with Gasteiger partial charge in [0.1, 0.15) is 0 Å². The minimum Gasteiger partial charge on any atom is -0.264 e. The summed E-state index contributed by atoms with van der Waals surface area (Å²) in [7, 11) is 0. The summed E-state index contributed by atoms with van der Waals surface area (Å²) in [5, 5.41) is 1.69. The van der Waals surface area contributed by atoms with Crippen molar-refractivity contribution in [1.82, 2.24) is 9.97 Å². The lowest BCUT2D eigenvalue weighted by Gasteiger charge is -2.04. The average molecular weight is 241 g/mol. The summed E-state index contributed by atoms with van der Waals surface area (Å²) in [5.41, 5.74) is 2.72. The van der Waals surface area contributed by atoms with Gasteiger partial charge in [0.25, 0.3) is 0 Å². The van der Waals surface area contributed by atoms with E-state index in [1.165, 1.54) is 0 Å². The van der Waals surface area contributed by atoms with Crippen molar-refractivity contribution in [3.8, 4) is 11.3 Å². The molecule has 3 heteroatoms. The molecule has 0 aliphatic rings. The number of hydrogen-bond acceptors (Lipinski definition) is 2. The van der Waals surface area contributed by atoms with Crippen LogP contribution in [-0.4, -0.2) is 9.97 Å². The van der Waals surface area contributed by atoms with Gasteiger partial charge in [-0.1, -0.05) is 29.8 Å². The minimum absolute atomic E-state index is 0.717. The summed E-state index contributed by atoms with van der Waals surface area (Å²) in [5.74, 6) is 0. The van der Waals surface area contributed by atoms with E-state index >= 15 is 0 Å². The topological polar surface area (TPSA) is 25.8 Å². The van der Waals surface area contributed by atoms with E-state index in [1.807, 2.05) is 42.5 Å². The SMILES string of the molecule is Clc1cc(-c2cccnc2)nc2ccccc12. The molecule has 0 radical (unpaired) electrons. The number of hydrogen-bond donors (Lipinski definition) is 0. The summed E-state index contributed by atoms with van der Waals surface area (Å²) in [6, 6.07) is 13.6. The van der Waals surface area contributed by atoms with E-state index in [4.69, 9.17) is 11.6 Å². The number of benzene rings is 1. The molecule has 0 aliphatic heterocycles. The van der Waals surface area contributed by atoms with Crippen LogP contribution in [0.15, 0.2) is 54.9 Å². The Bertz CT molecular complexity index is 665. The van der Waals surface area contributed by atoms with Crippen LogP contribution in [-0.2, 0) is 0 Å². The molecule has 82 valence electrons. The van der Waals surface area contributed by atoms with Crippen LogP contribution in [0.3, 0.4) is 0 Å². The maximum absolute atomic E-state index is 6.25. The van der Waals surface area contributed by atoms with Crippen LogP contribution in [0.25, 0.3) is 22.2 Å². The van der Waals surface area contributed by atoms with E-state index in [0.29, 0.717) is 0 Å². The Morgan fingerprint density at radius 2 is 1.88 bits per heavy atom. The van der Waals surface area contributed by atoms with Gasteiger partial charge in [-0.15, -0.1) is 0 Å². The van der Waals surface area contributed by atoms with Crippen molar-refractivity contribution in [2.24, 2.45) is 0 Å². The molecule has 3 rings (SSSR count). The second kappa shape index (κ2) is 4.15. The first-order valence-corrected chi connectivity index (χ1v) is 5.68. The summed E-state index contributed by atoms with van der Waals surface area (Å²) < 4.78 is 0. The molecule has 0 saturated carbocycles. The fourth-order valence-electron chi connectivity index (χ4n) is 1.80. The third-order valence-corrected chi connectivity index (χ3v) is 2.94. The number of aromatic nitrogens is 2. The molecule has 0 spiro atoms. The largest absolute Gasteiger partial charge is 0.264 e. The molecule has 0 amide bonds. The number of fused-ring (bicyclic) bond motifs is 1. The first-order chi connectivity index (χ1) is 8.34. The van der Waals surface area contributed by atoms with Gasteiger partial charge < -0.3 is 0 Å². The highest BCUT2D eigenvalue weighted by atomic mass is 35.5. The van der Waals surface area contributed by atoms with Gasteiger partial charge >= 0.3 is 0 Å². The van der Waals surface area contributed by atoms with E-state index in [9.17, 15) is 0 Å². The Labute approximate surface area is 104 Å². The van der Waals surface area contributed by atoms with Crippen molar-refractivity contribution >= 4 is 22.5 Å². The Morgan fingerprint density at radius 3 is 2.71 bits per heavy atom. The second-order valence-corrected chi connectivity index (χ2v) is 4.16. The van der Waals surface area contributed by atoms with Crippen LogP contribution >= 0.6 is 11.6 Å². The molecule has 0 aliphatic carbocycles. The first kappa shape index (κ1) is 10.2. The van der Waals surface area contributed by atoms with Gasteiger partial charge in [-0.3, -0.25) is 4.98 Å². The van der Waals surface area contributed by atoms with Crippen molar-refractivity contribution in [1.29, 1.82) is 0 Å². The van der Waals surface area contributed by atoms with Crippen LogP contribution in [0.1, 0.15) is 0 Å².